The Morgan fingerprint density at radius 3 is 2.88 bits per heavy atom. The summed E-state index contributed by atoms with van der Waals surface area (Å²) in [5.41, 5.74) is 4.87. The number of pyridine rings is 2. The lowest BCUT2D eigenvalue weighted by Gasteiger charge is -2.14. The molecule has 1 aliphatic heterocycles. The molecule has 0 saturated carbocycles. The number of aromatic nitrogens is 4. The van der Waals surface area contributed by atoms with Crippen molar-refractivity contribution < 1.29 is 4.39 Å². The van der Waals surface area contributed by atoms with Gasteiger partial charge in [-0.15, -0.1) is 0 Å². The van der Waals surface area contributed by atoms with Crippen LogP contribution >= 0.6 is 0 Å². The molecule has 0 aliphatic carbocycles. The quantitative estimate of drug-likeness (QED) is 0.380. The van der Waals surface area contributed by atoms with Crippen molar-refractivity contribution >= 4 is 21.7 Å². The summed E-state index contributed by atoms with van der Waals surface area (Å²) in [5, 5.41) is 6.08. The summed E-state index contributed by atoms with van der Waals surface area (Å²) in [7, 11) is 0. The molecule has 7 heteroatoms. The van der Waals surface area contributed by atoms with Crippen LogP contribution in [0.25, 0.3) is 33.1 Å². The molecule has 3 aromatic heterocycles. The van der Waals surface area contributed by atoms with Crippen LogP contribution in [0.5, 0.6) is 0 Å². The molecule has 0 spiro atoms. The van der Waals surface area contributed by atoms with Crippen molar-refractivity contribution in [3.8, 4) is 11.4 Å². The van der Waals surface area contributed by atoms with Crippen molar-refractivity contribution in [2.24, 2.45) is 0 Å². The highest BCUT2D eigenvalue weighted by molar-refractivity contribution is 5.91. The van der Waals surface area contributed by atoms with E-state index in [0.717, 1.165) is 52.8 Å². The summed E-state index contributed by atoms with van der Waals surface area (Å²) in [5.74, 6) is -0.270. The lowest BCUT2D eigenvalue weighted by molar-refractivity contribution is 0.580. The molecule has 1 aliphatic rings. The fourth-order valence-electron chi connectivity index (χ4n) is 4.91. The highest BCUT2D eigenvalue weighted by atomic mass is 19.1. The van der Waals surface area contributed by atoms with Gasteiger partial charge in [-0.3, -0.25) is 4.79 Å². The minimum atomic E-state index is -0.270. The van der Waals surface area contributed by atoms with Gasteiger partial charge in [0.25, 0.3) is 5.56 Å². The van der Waals surface area contributed by atoms with Crippen molar-refractivity contribution in [1.82, 2.24) is 24.4 Å². The summed E-state index contributed by atoms with van der Waals surface area (Å²) < 4.78 is 18.3. The number of nitrogens with zero attached hydrogens (tertiary/aromatic N) is 4. The fraction of sp³-hybridized carbons (Fsp3) is 0.222. The molecule has 34 heavy (non-hydrogen) atoms. The molecule has 2 aromatic carbocycles. The SMILES string of the molecule is Cc1cc2c(CNCCCn3ccnc3)c3c(nc2cc1F)-c1cc2ccccc2c(=O)n1C3. The van der Waals surface area contributed by atoms with E-state index in [0.29, 0.717) is 29.6 Å². The highest BCUT2D eigenvalue weighted by Crippen LogP contribution is 2.37. The highest BCUT2D eigenvalue weighted by Gasteiger charge is 2.26. The first-order valence-corrected chi connectivity index (χ1v) is 11.5. The minimum absolute atomic E-state index is 0.0169. The number of rotatable bonds is 6. The monoisotopic (exact) mass is 453 g/mol. The topological polar surface area (TPSA) is 64.7 Å². The van der Waals surface area contributed by atoms with E-state index in [2.05, 4.69) is 14.9 Å². The summed E-state index contributed by atoms with van der Waals surface area (Å²) in [4.78, 5) is 22.2. The molecule has 5 aromatic rings. The molecule has 0 fully saturated rings. The van der Waals surface area contributed by atoms with Gasteiger partial charge in [0.1, 0.15) is 5.82 Å². The zero-order chi connectivity index (χ0) is 23.2. The van der Waals surface area contributed by atoms with E-state index in [-0.39, 0.29) is 11.4 Å². The first-order chi connectivity index (χ1) is 16.6. The van der Waals surface area contributed by atoms with E-state index in [9.17, 15) is 9.18 Å². The molecule has 0 bridgehead atoms. The Kier molecular flexibility index (Phi) is 4.99. The number of nitrogens with one attached hydrogen (secondary N) is 1. The van der Waals surface area contributed by atoms with Crippen molar-refractivity contribution in [1.29, 1.82) is 0 Å². The Labute approximate surface area is 195 Å². The summed E-state index contributed by atoms with van der Waals surface area (Å²) in [6.45, 7) is 4.59. The van der Waals surface area contributed by atoms with E-state index in [1.165, 1.54) is 6.07 Å². The molecule has 0 unspecified atom stereocenters. The number of fused-ring (bicyclic) bond motifs is 5. The lowest BCUT2D eigenvalue weighted by Crippen LogP contribution is -2.20. The van der Waals surface area contributed by atoms with E-state index >= 15 is 0 Å². The molecule has 6 rings (SSSR count). The zero-order valence-electron chi connectivity index (χ0n) is 18.9. The Hall–Kier alpha value is -3.84. The molecule has 170 valence electrons. The van der Waals surface area contributed by atoms with Gasteiger partial charge >= 0.3 is 0 Å². The summed E-state index contributed by atoms with van der Waals surface area (Å²) in [6, 6.07) is 13.0. The number of aryl methyl sites for hydroxylation is 2. The largest absolute Gasteiger partial charge is 0.337 e. The third-order valence-corrected chi connectivity index (χ3v) is 6.69. The number of hydrogen-bond donors (Lipinski definition) is 1. The van der Waals surface area contributed by atoms with Crippen LogP contribution in [0.15, 0.2) is 66.0 Å². The summed E-state index contributed by atoms with van der Waals surface area (Å²) >= 11 is 0. The normalized spacial score (nSPS) is 12.4. The molecule has 0 radical (unpaired) electrons. The second kappa shape index (κ2) is 8.18. The van der Waals surface area contributed by atoms with Crippen LogP contribution in [0.3, 0.4) is 0 Å². The molecular formula is C27H24FN5O. The van der Waals surface area contributed by atoms with Gasteiger partial charge in [-0.2, -0.15) is 0 Å². The van der Waals surface area contributed by atoms with Crippen LogP contribution in [-0.2, 0) is 19.6 Å². The first kappa shape index (κ1) is 20.7. The Morgan fingerprint density at radius 2 is 2.03 bits per heavy atom. The molecule has 0 amide bonds. The fourth-order valence-corrected chi connectivity index (χ4v) is 4.91. The maximum absolute atomic E-state index is 14.5. The smallest absolute Gasteiger partial charge is 0.259 e. The third-order valence-electron chi connectivity index (χ3n) is 6.69. The lowest BCUT2D eigenvalue weighted by atomic mass is 9.98. The molecule has 0 atom stereocenters. The van der Waals surface area contributed by atoms with Gasteiger partial charge in [0.15, 0.2) is 0 Å². The predicted molar refractivity (Wildman–Crippen MR) is 131 cm³/mol. The second-order valence-corrected chi connectivity index (χ2v) is 8.88. The van der Waals surface area contributed by atoms with Crippen LogP contribution in [0.1, 0.15) is 23.1 Å². The third kappa shape index (κ3) is 3.40. The first-order valence-electron chi connectivity index (χ1n) is 11.5. The average molecular weight is 454 g/mol. The number of halogens is 1. The number of hydrogen-bond acceptors (Lipinski definition) is 4. The molecule has 0 saturated heterocycles. The van der Waals surface area contributed by atoms with Gasteiger partial charge in [-0.25, -0.2) is 14.4 Å². The standard InChI is InChI=1S/C27H24FN5O/c1-17-11-20-21(14-29-7-4-9-32-10-8-30-16-32)22-15-33-25(26(22)31-24(20)13-23(17)28)12-18-5-2-3-6-19(18)27(33)34/h2-3,5-6,8,10-13,16,29H,4,7,9,14-15H2,1H3. The zero-order valence-corrected chi connectivity index (χ0v) is 18.9. The van der Waals surface area contributed by atoms with Gasteiger partial charge < -0.3 is 14.5 Å². The summed E-state index contributed by atoms with van der Waals surface area (Å²) in [6.07, 6.45) is 6.52. The van der Waals surface area contributed by atoms with E-state index in [4.69, 9.17) is 4.98 Å². The van der Waals surface area contributed by atoms with E-state index in [1.54, 1.807) is 17.7 Å². The van der Waals surface area contributed by atoms with Gasteiger partial charge in [0.05, 0.1) is 29.8 Å². The van der Waals surface area contributed by atoms with Crippen LogP contribution in [-0.4, -0.2) is 25.6 Å². The van der Waals surface area contributed by atoms with Crippen LogP contribution in [0.4, 0.5) is 4.39 Å². The maximum atomic E-state index is 14.5. The van der Waals surface area contributed by atoms with Gasteiger partial charge in [0.2, 0.25) is 0 Å². The van der Waals surface area contributed by atoms with E-state index in [1.807, 2.05) is 48.9 Å². The maximum Gasteiger partial charge on any atom is 0.259 e. The van der Waals surface area contributed by atoms with Crippen molar-refractivity contribution in [2.45, 2.75) is 33.0 Å². The molecule has 1 N–H and O–H groups in total. The van der Waals surface area contributed by atoms with E-state index < -0.39 is 0 Å². The van der Waals surface area contributed by atoms with Gasteiger partial charge in [0, 0.05) is 47.9 Å². The molecule has 4 heterocycles. The van der Waals surface area contributed by atoms with Gasteiger partial charge in [-0.1, -0.05) is 18.2 Å². The van der Waals surface area contributed by atoms with Crippen molar-refractivity contribution in [2.75, 3.05) is 6.54 Å². The number of imidazole rings is 1. The Bertz CT molecular complexity index is 1600. The molecule has 6 nitrogen and oxygen atoms in total. The van der Waals surface area contributed by atoms with Crippen LogP contribution < -0.4 is 10.9 Å². The molecular weight excluding hydrogens is 429 g/mol. The Balaban J connectivity index is 1.41. The van der Waals surface area contributed by atoms with Crippen molar-refractivity contribution in [3.63, 3.8) is 0 Å². The van der Waals surface area contributed by atoms with Crippen LogP contribution in [0, 0.1) is 12.7 Å². The van der Waals surface area contributed by atoms with Crippen LogP contribution in [0.2, 0.25) is 0 Å². The average Bonchev–Trinajstić information content (AvgIpc) is 3.48. The predicted octanol–water partition coefficient (Wildman–Crippen LogP) is 4.40. The van der Waals surface area contributed by atoms with Gasteiger partial charge in [-0.05, 0) is 54.6 Å². The minimum Gasteiger partial charge on any atom is -0.337 e. The second-order valence-electron chi connectivity index (χ2n) is 8.88. The number of benzene rings is 2. The Morgan fingerprint density at radius 1 is 1.15 bits per heavy atom. The van der Waals surface area contributed by atoms with Crippen molar-refractivity contribution in [3.05, 3.63) is 94.0 Å².